The van der Waals surface area contributed by atoms with E-state index in [2.05, 4.69) is 5.32 Å². The van der Waals surface area contributed by atoms with E-state index in [1.165, 1.54) is 0 Å². The van der Waals surface area contributed by atoms with Crippen LogP contribution < -0.4 is 5.32 Å². The third-order valence-electron chi connectivity index (χ3n) is 2.32. The van der Waals surface area contributed by atoms with Crippen molar-refractivity contribution in [3.63, 3.8) is 0 Å². The van der Waals surface area contributed by atoms with Crippen LogP contribution in [0.4, 0.5) is 0 Å². The van der Waals surface area contributed by atoms with E-state index < -0.39 is 5.97 Å². The third kappa shape index (κ3) is 7.64. The molecule has 0 aliphatic heterocycles. The molecule has 0 amide bonds. The van der Waals surface area contributed by atoms with Crippen molar-refractivity contribution in [1.29, 1.82) is 0 Å². The first-order valence-corrected chi connectivity index (χ1v) is 6.49. The van der Waals surface area contributed by atoms with Gasteiger partial charge in [-0.2, -0.15) is 11.8 Å². The van der Waals surface area contributed by atoms with Gasteiger partial charge in [0.25, 0.3) is 0 Å². The number of carboxylic acid groups (broad SMARTS) is 1. The molecular formula is C10H21NO3S. The van der Waals surface area contributed by atoms with E-state index in [0.29, 0.717) is 6.42 Å². The highest BCUT2D eigenvalue weighted by atomic mass is 32.2. The molecule has 0 bridgehead atoms. The minimum Gasteiger partial charge on any atom is -0.481 e. The maximum atomic E-state index is 10.2. The first-order valence-electron chi connectivity index (χ1n) is 5.20. The molecule has 4 nitrogen and oxygen atoms in total. The van der Waals surface area contributed by atoms with Crippen LogP contribution in [0.15, 0.2) is 0 Å². The largest absolute Gasteiger partial charge is 0.481 e. The van der Waals surface area contributed by atoms with Crippen molar-refractivity contribution in [2.24, 2.45) is 0 Å². The molecule has 0 aliphatic rings. The highest BCUT2D eigenvalue weighted by Gasteiger charge is 2.13. The summed E-state index contributed by atoms with van der Waals surface area (Å²) in [6, 6.07) is 0.259. The van der Waals surface area contributed by atoms with Crippen LogP contribution in [0.3, 0.4) is 0 Å². The number of nitrogens with one attached hydrogen (secondary N) is 1. The number of carbonyl (C=O) groups is 1. The fourth-order valence-electron chi connectivity index (χ4n) is 1.30. The van der Waals surface area contributed by atoms with Gasteiger partial charge in [0, 0.05) is 17.7 Å². The molecule has 0 saturated carbocycles. The number of unbranched alkanes of at least 4 members (excludes halogenated alkanes) is 1. The quantitative estimate of drug-likeness (QED) is 0.519. The number of rotatable bonds is 9. The lowest BCUT2D eigenvalue weighted by molar-refractivity contribution is -0.137. The highest BCUT2D eigenvalue weighted by Crippen LogP contribution is 2.10. The number of aliphatic hydroxyl groups is 1. The Labute approximate surface area is 95.4 Å². The number of aliphatic carboxylic acids is 1. The smallest absolute Gasteiger partial charge is 0.303 e. The van der Waals surface area contributed by atoms with E-state index in [1.54, 1.807) is 11.8 Å². The molecule has 0 aliphatic carbocycles. The number of aliphatic hydroxyl groups excluding tert-OH is 1. The number of thioether (sulfide) groups is 1. The first kappa shape index (κ1) is 14.7. The van der Waals surface area contributed by atoms with Gasteiger partial charge in [-0.25, -0.2) is 0 Å². The van der Waals surface area contributed by atoms with Crippen LogP contribution in [0, 0.1) is 0 Å². The molecule has 0 saturated heterocycles. The van der Waals surface area contributed by atoms with Gasteiger partial charge >= 0.3 is 5.97 Å². The van der Waals surface area contributed by atoms with Gasteiger partial charge in [0.2, 0.25) is 0 Å². The van der Waals surface area contributed by atoms with E-state index in [-0.39, 0.29) is 24.3 Å². The van der Waals surface area contributed by atoms with Gasteiger partial charge in [-0.1, -0.05) is 0 Å². The van der Waals surface area contributed by atoms with Crippen LogP contribution in [0.5, 0.6) is 0 Å². The molecule has 90 valence electrons. The molecule has 2 unspecified atom stereocenters. The summed E-state index contributed by atoms with van der Waals surface area (Å²) in [5, 5.41) is 21.0. The summed E-state index contributed by atoms with van der Waals surface area (Å²) in [5.74, 6) is -0.736. The summed E-state index contributed by atoms with van der Waals surface area (Å²) >= 11 is 1.64. The van der Waals surface area contributed by atoms with E-state index in [1.807, 2.05) is 13.2 Å². The molecule has 0 spiro atoms. The summed E-state index contributed by atoms with van der Waals surface area (Å²) in [4.78, 5) is 10.2. The van der Waals surface area contributed by atoms with E-state index in [0.717, 1.165) is 13.0 Å². The van der Waals surface area contributed by atoms with Crippen LogP contribution >= 0.6 is 11.8 Å². The second kappa shape index (κ2) is 9.00. The minimum atomic E-state index is -0.736. The van der Waals surface area contributed by atoms with Gasteiger partial charge < -0.3 is 15.5 Å². The van der Waals surface area contributed by atoms with E-state index in [4.69, 9.17) is 10.2 Å². The van der Waals surface area contributed by atoms with Gasteiger partial charge in [0.15, 0.2) is 0 Å². The Bertz CT molecular complexity index is 174. The van der Waals surface area contributed by atoms with E-state index in [9.17, 15) is 4.79 Å². The Morgan fingerprint density at radius 3 is 2.60 bits per heavy atom. The van der Waals surface area contributed by atoms with Crippen LogP contribution in [0.25, 0.3) is 0 Å². The molecule has 0 fully saturated rings. The first-order chi connectivity index (χ1) is 7.11. The summed E-state index contributed by atoms with van der Waals surface area (Å²) < 4.78 is 0. The summed E-state index contributed by atoms with van der Waals surface area (Å²) in [6.07, 6.45) is 3.78. The molecule has 0 aromatic rings. The van der Waals surface area contributed by atoms with Crippen molar-refractivity contribution in [2.75, 3.05) is 19.4 Å². The number of carboxylic acids is 1. The normalized spacial score (nSPS) is 14.9. The summed E-state index contributed by atoms with van der Waals surface area (Å²) in [5.41, 5.74) is 0. The molecule has 15 heavy (non-hydrogen) atoms. The Kier molecular flexibility index (Phi) is 8.85. The maximum absolute atomic E-state index is 10.2. The molecule has 0 rings (SSSR count). The predicted octanol–water partition coefficient (Wildman–Crippen LogP) is 0.943. The zero-order chi connectivity index (χ0) is 11.7. The second-order valence-corrected chi connectivity index (χ2v) is 4.63. The summed E-state index contributed by atoms with van der Waals surface area (Å²) in [6.45, 7) is 3.02. The second-order valence-electron chi connectivity index (χ2n) is 3.55. The Morgan fingerprint density at radius 1 is 1.47 bits per heavy atom. The molecular weight excluding hydrogens is 214 g/mol. The van der Waals surface area contributed by atoms with E-state index >= 15 is 0 Å². The van der Waals surface area contributed by atoms with Gasteiger partial charge in [0.05, 0.1) is 6.61 Å². The third-order valence-corrected chi connectivity index (χ3v) is 3.49. The monoisotopic (exact) mass is 235 g/mol. The number of hydrogen-bond donors (Lipinski definition) is 3. The highest BCUT2D eigenvalue weighted by molar-refractivity contribution is 7.99. The average molecular weight is 235 g/mol. The molecule has 0 radical (unpaired) electrons. The van der Waals surface area contributed by atoms with Crippen molar-refractivity contribution in [3.8, 4) is 0 Å². The summed E-state index contributed by atoms with van der Waals surface area (Å²) in [7, 11) is 0. The zero-order valence-electron chi connectivity index (χ0n) is 9.40. The average Bonchev–Trinajstić information content (AvgIpc) is 2.18. The molecule has 0 aromatic carbocycles. The fourth-order valence-corrected chi connectivity index (χ4v) is 1.95. The van der Waals surface area contributed by atoms with Gasteiger partial charge in [-0.15, -0.1) is 0 Å². The SMILES string of the molecule is CSC(CO)C(C)NCCCCC(=O)O. The Morgan fingerprint density at radius 2 is 2.13 bits per heavy atom. The van der Waals surface area contributed by atoms with Gasteiger partial charge in [0.1, 0.15) is 0 Å². The van der Waals surface area contributed by atoms with Crippen molar-refractivity contribution in [2.45, 2.75) is 37.5 Å². The fraction of sp³-hybridized carbons (Fsp3) is 0.900. The molecule has 3 N–H and O–H groups in total. The standard InChI is InChI=1S/C10H21NO3S/c1-8(9(7-12)15-2)11-6-4-3-5-10(13)14/h8-9,11-12H,3-7H2,1-2H3,(H,13,14). The van der Waals surface area contributed by atoms with Crippen molar-refractivity contribution < 1.29 is 15.0 Å². The minimum absolute atomic E-state index is 0.171. The molecule has 2 atom stereocenters. The van der Waals surface area contributed by atoms with Crippen LogP contribution in [0.2, 0.25) is 0 Å². The lowest BCUT2D eigenvalue weighted by atomic mass is 10.2. The topological polar surface area (TPSA) is 69.6 Å². The molecule has 5 heteroatoms. The molecule has 0 heterocycles. The molecule has 0 aromatic heterocycles. The maximum Gasteiger partial charge on any atom is 0.303 e. The van der Waals surface area contributed by atoms with Crippen molar-refractivity contribution in [1.82, 2.24) is 5.32 Å². The van der Waals surface area contributed by atoms with Crippen LogP contribution in [-0.2, 0) is 4.79 Å². The number of hydrogen-bond acceptors (Lipinski definition) is 4. The van der Waals surface area contributed by atoms with Crippen molar-refractivity contribution >= 4 is 17.7 Å². The van der Waals surface area contributed by atoms with Crippen LogP contribution in [0.1, 0.15) is 26.2 Å². The Hall–Kier alpha value is -0.260. The predicted molar refractivity (Wildman–Crippen MR) is 63.3 cm³/mol. The lowest BCUT2D eigenvalue weighted by Crippen LogP contribution is -2.38. The van der Waals surface area contributed by atoms with Crippen LogP contribution in [-0.4, -0.2) is 46.9 Å². The Balaban J connectivity index is 3.45. The lowest BCUT2D eigenvalue weighted by Gasteiger charge is -2.21. The van der Waals surface area contributed by atoms with Gasteiger partial charge in [-0.3, -0.25) is 4.79 Å². The van der Waals surface area contributed by atoms with Crippen molar-refractivity contribution in [3.05, 3.63) is 0 Å². The zero-order valence-corrected chi connectivity index (χ0v) is 10.2. The van der Waals surface area contributed by atoms with Gasteiger partial charge in [-0.05, 0) is 32.6 Å².